The first-order valence-electron chi connectivity index (χ1n) is 7.35. The normalized spacial score (nSPS) is 29.1. The molecule has 1 aromatic rings. The molecule has 0 radical (unpaired) electrons. The van der Waals surface area contributed by atoms with Gasteiger partial charge in [0.05, 0.1) is 12.7 Å². The fraction of sp³-hybridized carbons (Fsp3) is 0.625. The highest BCUT2D eigenvalue weighted by atomic mass is 79.9. The lowest BCUT2D eigenvalue weighted by atomic mass is 9.99. The maximum Gasteiger partial charge on any atom is 0.0730 e. The average Bonchev–Trinajstić information content (AvgIpc) is 2.95. The van der Waals surface area contributed by atoms with E-state index in [0.29, 0.717) is 18.1 Å². The maximum atomic E-state index is 5.90. The van der Waals surface area contributed by atoms with Gasteiger partial charge >= 0.3 is 0 Å². The van der Waals surface area contributed by atoms with Gasteiger partial charge in [0.1, 0.15) is 0 Å². The predicted molar refractivity (Wildman–Crippen MR) is 81.9 cm³/mol. The molecule has 2 fully saturated rings. The third-order valence-electron chi connectivity index (χ3n) is 4.51. The summed E-state index contributed by atoms with van der Waals surface area (Å²) in [5.74, 6) is 0.584. The van der Waals surface area contributed by atoms with Gasteiger partial charge in [0, 0.05) is 30.4 Å². The molecule has 0 spiro atoms. The minimum atomic E-state index is 0.500. The van der Waals surface area contributed by atoms with E-state index in [4.69, 9.17) is 4.74 Å². The molecular weight excluding hydrogens is 302 g/mol. The zero-order valence-electron chi connectivity index (χ0n) is 11.3. The van der Waals surface area contributed by atoms with Crippen molar-refractivity contribution >= 4 is 15.9 Å². The van der Waals surface area contributed by atoms with Crippen molar-refractivity contribution in [1.29, 1.82) is 0 Å². The summed E-state index contributed by atoms with van der Waals surface area (Å²) in [6.45, 7) is 3.16. The number of nitrogens with zero attached hydrogens (tertiary/aromatic N) is 1. The molecule has 1 aliphatic heterocycles. The number of halogens is 1. The number of ether oxygens (including phenoxy) is 1. The van der Waals surface area contributed by atoms with E-state index in [1.54, 1.807) is 0 Å². The molecule has 0 aromatic heterocycles. The summed E-state index contributed by atoms with van der Waals surface area (Å²) in [6.07, 6.45) is 4.40. The molecule has 0 amide bonds. The molecule has 2 aliphatic rings. The Balaban J connectivity index is 1.68. The third kappa shape index (κ3) is 3.04. The van der Waals surface area contributed by atoms with E-state index in [9.17, 15) is 0 Å². The minimum Gasteiger partial charge on any atom is -0.375 e. The topological polar surface area (TPSA) is 12.5 Å². The van der Waals surface area contributed by atoms with Gasteiger partial charge in [-0.3, -0.25) is 4.90 Å². The van der Waals surface area contributed by atoms with Gasteiger partial charge in [-0.2, -0.15) is 0 Å². The molecule has 1 aromatic carbocycles. The fourth-order valence-corrected chi connectivity index (χ4v) is 4.06. The first-order chi connectivity index (χ1) is 9.38. The Hall–Kier alpha value is -0.380. The number of benzene rings is 1. The average molecular weight is 324 g/mol. The van der Waals surface area contributed by atoms with Crippen molar-refractivity contribution in [3.8, 4) is 0 Å². The zero-order chi connectivity index (χ0) is 13.1. The molecule has 2 nitrogen and oxygen atoms in total. The summed E-state index contributed by atoms with van der Waals surface area (Å²) in [5, 5.41) is 1.03. The minimum absolute atomic E-state index is 0.500. The largest absolute Gasteiger partial charge is 0.375 e. The molecule has 0 N–H and O–H groups in total. The monoisotopic (exact) mass is 323 g/mol. The van der Waals surface area contributed by atoms with Crippen molar-refractivity contribution in [1.82, 2.24) is 4.90 Å². The maximum absolute atomic E-state index is 5.90. The zero-order valence-corrected chi connectivity index (χ0v) is 12.9. The van der Waals surface area contributed by atoms with Gasteiger partial charge in [0.15, 0.2) is 0 Å². The number of fused-ring (bicyclic) bond motifs is 1. The molecule has 0 bridgehead atoms. The van der Waals surface area contributed by atoms with Crippen LogP contribution >= 0.6 is 15.9 Å². The molecule has 3 rings (SSSR count). The van der Waals surface area contributed by atoms with Crippen molar-refractivity contribution in [2.24, 2.45) is 0 Å². The molecule has 19 heavy (non-hydrogen) atoms. The fourth-order valence-electron chi connectivity index (χ4n) is 3.48. The lowest BCUT2D eigenvalue weighted by Crippen LogP contribution is -2.49. The molecule has 3 atom stereocenters. The summed E-state index contributed by atoms with van der Waals surface area (Å²) < 4.78 is 5.90. The summed E-state index contributed by atoms with van der Waals surface area (Å²) in [6, 6.07) is 11.5. The molecule has 1 saturated carbocycles. The predicted octanol–water partition coefficient (Wildman–Crippen LogP) is 3.42. The van der Waals surface area contributed by atoms with Crippen LogP contribution in [0.1, 0.15) is 30.7 Å². The Morgan fingerprint density at radius 1 is 1.26 bits per heavy atom. The van der Waals surface area contributed by atoms with Crippen LogP contribution in [0.3, 0.4) is 0 Å². The number of alkyl halides is 1. The second kappa shape index (κ2) is 6.38. The van der Waals surface area contributed by atoms with E-state index in [0.717, 1.165) is 25.0 Å². The molecule has 3 heteroatoms. The SMILES string of the molecule is BrCC(CN1CCOC2CCCC21)c1ccccc1. The van der Waals surface area contributed by atoms with Crippen LogP contribution in [-0.4, -0.2) is 42.1 Å². The van der Waals surface area contributed by atoms with Gasteiger partial charge in [-0.25, -0.2) is 0 Å². The molecule has 1 aliphatic carbocycles. The van der Waals surface area contributed by atoms with E-state index in [1.807, 2.05) is 0 Å². The van der Waals surface area contributed by atoms with Gasteiger partial charge in [-0.05, 0) is 24.8 Å². The number of morpholine rings is 1. The first-order valence-corrected chi connectivity index (χ1v) is 8.47. The Kier molecular flexibility index (Phi) is 4.57. The lowest BCUT2D eigenvalue weighted by Gasteiger charge is -2.39. The number of hydrogen-bond acceptors (Lipinski definition) is 2. The summed E-state index contributed by atoms with van der Waals surface area (Å²) in [5.41, 5.74) is 1.44. The Bertz CT molecular complexity index is 397. The molecule has 1 heterocycles. The van der Waals surface area contributed by atoms with E-state index in [-0.39, 0.29) is 0 Å². The summed E-state index contributed by atoms with van der Waals surface area (Å²) >= 11 is 3.69. The van der Waals surface area contributed by atoms with Gasteiger partial charge in [0.2, 0.25) is 0 Å². The molecular formula is C16H22BrNO. The number of hydrogen-bond donors (Lipinski definition) is 0. The van der Waals surface area contributed by atoms with Gasteiger partial charge in [0.25, 0.3) is 0 Å². The highest BCUT2D eigenvalue weighted by Gasteiger charge is 2.36. The second-order valence-corrected chi connectivity index (χ2v) is 6.31. The van der Waals surface area contributed by atoms with Crippen LogP contribution in [0, 0.1) is 0 Å². The van der Waals surface area contributed by atoms with Crippen molar-refractivity contribution in [2.45, 2.75) is 37.3 Å². The third-order valence-corrected chi connectivity index (χ3v) is 5.29. The van der Waals surface area contributed by atoms with E-state index in [2.05, 4.69) is 51.2 Å². The van der Waals surface area contributed by atoms with Gasteiger partial charge in [-0.1, -0.05) is 46.3 Å². The van der Waals surface area contributed by atoms with Gasteiger partial charge < -0.3 is 4.74 Å². The van der Waals surface area contributed by atoms with Crippen molar-refractivity contribution in [3.63, 3.8) is 0 Å². The summed E-state index contributed by atoms with van der Waals surface area (Å²) in [7, 11) is 0. The van der Waals surface area contributed by atoms with Crippen LogP contribution in [-0.2, 0) is 4.74 Å². The van der Waals surface area contributed by atoms with E-state index >= 15 is 0 Å². The van der Waals surface area contributed by atoms with Crippen LogP contribution in [0.5, 0.6) is 0 Å². The van der Waals surface area contributed by atoms with Crippen molar-refractivity contribution in [3.05, 3.63) is 35.9 Å². The van der Waals surface area contributed by atoms with Crippen LogP contribution in [0.2, 0.25) is 0 Å². The molecule has 3 unspecified atom stereocenters. The van der Waals surface area contributed by atoms with Crippen LogP contribution in [0.25, 0.3) is 0 Å². The molecule has 104 valence electrons. The Morgan fingerprint density at radius 3 is 2.89 bits per heavy atom. The van der Waals surface area contributed by atoms with Crippen molar-refractivity contribution < 1.29 is 4.74 Å². The standard InChI is InChI=1S/C16H22BrNO/c17-11-14(13-5-2-1-3-6-13)12-18-9-10-19-16-8-4-7-15(16)18/h1-3,5-6,14-16H,4,7-12H2. The highest BCUT2D eigenvalue weighted by molar-refractivity contribution is 9.09. The highest BCUT2D eigenvalue weighted by Crippen LogP contribution is 2.31. The summed E-state index contributed by atoms with van der Waals surface area (Å²) in [4.78, 5) is 2.67. The Labute approximate surface area is 124 Å². The second-order valence-electron chi connectivity index (χ2n) is 5.66. The van der Waals surface area contributed by atoms with Crippen LogP contribution < -0.4 is 0 Å². The van der Waals surface area contributed by atoms with Crippen LogP contribution in [0.4, 0.5) is 0 Å². The van der Waals surface area contributed by atoms with Gasteiger partial charge in [-0.15, -0.1) is 0 Å². The lowest BCUT2D eigenvalue weighted by molar-refractivity contribution is -0.0567. The Morgan fingerprint density at radius 2 is 2.11 bits per heavy atom. The quantitative estimate of drug-likeness (QED) is 0.787. The molecule has 1 saturated heterocycles. The van der Waals surface area contributed by atoms with Crippen molar-refractivity contribution in [2.75, 3.05) is 25.0 Å². The smallest absolute Gasteiger partial charge is 0.0730 e. The number of rotatable bonds is 4. The van der Waals surface area contributed by atoms with E-state index in [1.165, 1.54) is 24.8 Å². The van der Waals surface area contributed by atoms with Crippen LogP contribution in [0.15, 0.2) is 30.3 Å². The first kappa shape index (κ1) is 13.6. The van der Waals surface area contributed by atoms with E-state index < -0.39 is 0 Å².